The van der Waals surface area contributed by atoms with Crippen LogP contribution in [0.1, 0.15) is 36.0 Å². The van der Waals surface area contributed by atoms with Crippen LogP contribution < -0.4 is 11.1 Å². The molecular weight excluding hydrogens is 318 g/mol. The molecule has 8 nitrogen and oxygen atoms in total. The summed E-state index contributed by atoms with van der Waals surface area (Å²) >= 11 is 0. The maximum atomic E-state index is 12.3. The lowest BCUT2D eigenvalue weighted by atomic mass is 9.92. The number of amides is 1. The van der Waals surface area contributed by atoms with Crippen LogP contribution in [0.5, 0.6) is 0 Å². The van der Waals surface area contributed by atoms with Gasteiger partial charge in [0, 0.05) is 36.2 Å². The van der Waals surface area contributed by atoms with E-state index in [1.54, 1.807) is 23.1 Å². The molecule has 3 aromatic heterocycles. The average molecular weight is 337 g/mol. The molecule has 1 aliphatic rings. The number of aromatic nitrogens is 5. The van der Waals surface area contributed by atoms with Crippen LogP contribution in [-0.2, 0) is 0 Å². The first kappa shape index (κ1) is 15.6. The van der Waals surface area contributed by atoms with E-state index in [2.05, 4.69) is 25.5 Å². The summed E-state index contributed by atoms with van der Waals surface area (Å²) in [5.74, 6) is 0.414. The zero-order valence-corrected chi connectivity index (χ0v) is 13.7. The maximum absolute atomic E-state index is 12.3. The number of carbonyl (C=O) groups is 1. The highest BCUT2D eigenvalue weighted by atomic mass is 16.1. The minimum absolute atomic E-state index is 0.138. The van der Waals surface area contributed by atoms with Gasteiger partial charge >= 0.3 is 0 Å². The molecule has 3 N–H and O–H groups in total. The molecule has 1 fully saturated rings. The SMILES string of the molecule is NC1CCC(NC(=O)c2cnc(-c3ccc4nncn4c3)nc2)CC1. The first-order chi connectivity index (χ1) is 12.2. The molecule has 1 aliphatic carbocycles. The predicted molar refractivity (Wildman–Crippen MR) is 91.7 cm³/mol. The molecule has 4 rings (SSSR count). The molecule has 1 saturated carbocycles. The van der Waals surface area contributed by atoms with E-state index in [-0.39, 0.29) is 18.0 Å². The molecule has 8 heteroatoms. The van der Waals surface area contributed by atoms with Gasteiger partial charge in [0.1, 0.15) is 6.33 Å². The fourth-order valence-corrected chi connectivity index (χ4v) is 3.09. The van der Waals surface area contributed by atoms with Crippen molar-refractivity contribution < 1.29 is 4.79 Å². The Balaban J connectivity index is 1.46. The van der Waals surface area contributed by atoms with Gasteiger partial charge in [-0.25, -0.2) is 9.97 Å². The smallest absolute Gasteiger partial charge is 0.254 e. The van der Waals surface area contributed by atoms with Gasteiger partial charge in [-0.1, -0.05) is 0 Å². The Morgan fingerprint density at radius 2 is 1.92 bits per heavy atom. The minimum atomic E-state index is -0.138. The number of carbonyl (C=O) groups excluding carboxylic acids is 1. The molecule has 0 aromatic carbocycles. The van der Waals surface area contributed by atoms with Gasteiger partial charge in [-0.05, 0) is 37.8 Å². The van der Waals surface area contributed by atoms with Crippen LogP contribution in [0.3, 0.4) is 0 Å². The Labute approximate surface area is 144 Å². The molecule has 0 aliphatic heterocycles. The van der Waals surface area contributed by atoms with Crippen LogP contribution in [0, 0.1) is 0 Å². The van der Waals surface area contributed by atoms with Crippen molar-refractivity contribution in [3.05, 3.63) is 42.6 Å². The molecule has 0 atom stereocenters. The fourth-order valence-electron chi connectivity index (χ4n) is 3.09. The Hall–Kier alpha value is -2.87. The molecule has 0 spiro atoms. The van der Waals surface area contributed by atoms with Crippen molar-refractivity contribution in [3.63, 3.8) is 0 Å². The lowest BCUT2D eigenvalue weighted by molar-refractivity contribution is 0.0925. The van der Waals surface area contributed by atoms with E-state index >= 15 is 0 Å². The molecular formula is C17H19N7O. The maximum Gasteiger partial charge on any atom is 0.254 e. The topological polar surface area (TPSA) is 111 Å². The zero-order valence-electron chi connectivity index (χ0n) is 13.7. The van der Waals surface area contributed by atoms with E-state index in [0.717, 1.165) is 36.9 Å². The second kappa shape index (κ2) is 6.56. The second-order valence-electron chi connectivity index (χ2n) is 6.39. The molecule has 0 saturated heterocycles. The van der Waals surface area contributed by atoms with Gasteiger partial charge in [0.25, 0.3) is 5.91 Å². The van der Waals surface area contributed by atoms with Crippen LogP contribution in [0.25, 0.3) is 17.0 Å². The van der Waals surface area contributed by atoms with Crippen molar-refractivity contribution in [3.8, 4) is 11.4 Å². The Kier molecular flexibility index (Phi) is 4.10. The van der Waals surface area contributed by atoms with Gasteiger partial charge in [0.15, 0.2) is 11.5 Å². The molecule has 1 amide bonds. The largest absolute Gasteiger partial charge is 0.349 e. The van der Waals surface area contributed by atoms with Gasteiger partial charge in [-0.3, -0.25) is 9.20 Å². The second-order valence-corrected chi connectivity index (χ2v) is 6.39. The average Bonchev–Trinajstić information content (AvgIpc) is 3.11. The lowest BCUT2D eigenvalue weighted by Crippen LogP contribution is -2.40. The normalized spacial score (nSPS) is 20.5. The van der Waals surface area contributed by atoms with Gasteiger partial charge in [0.2, 0.25) is 0 Å². The van der Waals surface area contributed by atoms with E-state index in [4.69, 9.17) is 5.73 Å². The van der Waals surface area contributed by atoms with Crippen molar-refractivity contribution in [2.24, 2.45) is 5.73 Å². The van der Waals surface area contributed by atoms with Crippen molar-refractivity contribution in [1.29, 1.82) is 0 Å². The number of nitrogens with two attached hydrogens (primary N) is 1. The highest BCUT2D eigenvalue weighted by molar-refractivity contribution is 5.93. The minimum Gasteiger partial charge on any atom is -0.349 e. The first-order valence-corrected chi connectivity index (χ1v) is 8.37. The molecule has 3 heterocycles. The van der Waals surface area contributed by atoms with E-state index in [0.29, 0.717) is 11.4 Å². The summed E-state index contributed by atoms with van der Waals surface area (Å²) in [5.41, 5.74) is 7.95. The Morgan fingerprint density at radius 3 is 2.68 bits per heavy atom. The van der Waals surface area contributed by atoms with Crippen molar-refractivity contribution in [1.82, 2.24) is 29.9 Å². The molecule has 0 radical (unpaired) electrons. The summed E-state index contributed by atoms with van der Waals surface area (Å²) in [5, 5.41) is 10.8. The van der Waals surface area contributed by atoms with Crippen molar-refractivity contribution in [2.45, 2.75) is 37.8 Å². The first-order valence-electron chi connectivity index (χ1n) is 8.37. The van der Waals surface area contributed by atoms with Crippen LogP contribution in [0.2, 0.25) is 0 Å². The number of fused-ring (bicyclic) bond motifs is 1. The van der Waals surface area contributed by atoms with E-state index in [1.807, 2.05) is 18.3 Å². The van der Waals surface area contributed by atoms with Gasteiger partial charge < -0.3 is 11.1 Å². The third-order valence-electron chi connectivity index (χ3n) is 4.57. The third-order valence-corrected chi connectivity index (χ3v) is 4.57. The Bertz CT molecular complexity index is 881. The van der Waals surface area contributed by atoms with Crippen LogP contribution in [0.15, 0.2) is 37.1 Å². The number of hydrogen-bond donors (Lipinski definition) is 2. The van der Waals surface area contributed by atoms with Crippen molar-refractivity contribution >= 4 is 11.6 Å². The molecule has 0 unspecified atom stereocenters. The summed E-state index contributed by atoms with van der Waals surface area (Å²) < 4.78 is 1.80. The van der Waals surface area contributed by atoms with Crippen LogP contribution in [-0.4, -0.2) is 42.6 Å². The number of hydrogen-bond acceptors (Lipinski definition) is 6. The summed E-state index contributed by atoms with van der Waals surface area (Å²) in [6.07, 6.45) is 10.3. The van der Waals surface area contributed by atoms with Gasteiger partial charge in [0.05, 0.1) is 5.56 Å². The molecule has 0 bridgehead atoms. The van der Waals surface area contributed by atoms with E-state index in [9.17, 15) is 4.79 Å². The summed E-state index contributed by atoms with van der Waals surface area (Å²) in [7, 11) is 0. The summed E-state index contributed by atoms with van der Waals surface area (Å²) in [6, 6.07) is 4.17. The number of pyridine rings is 1. The van der Waals surface area contributed by atoms with Gasteiger partial charge in [-0.15, -0.1) is 10.2 Å². The molecule has 25 heavy (non-hydrogen) atoms. The van der Waals surface area contributed by atoms with Crippen molar-refractivity contribution in [2.75, 3.05) is 0 Å². The fraction of sp³-hybridized carbons (Fsp3) is 0.353. The summed E-state index contributed by atoms with van der Waals surface area (Å²) in [6.45, 7) is 0. The number of rotatable bonds is 3. The molecule has 128 valence electrons. The predicted octanol–water partition coefficient (Wildman–Crippen LogP) is 1.19. The van der Waals surface area contributed by atoms with Crippen LogP contribution in [0.4, 0.5) is 0 Å². The standard InChI is InChI=1S/C17H19N7O/c18-13-2-4-14(5-3-13)22-17(25)12-7-19-16(20-8-12)11-1-6-15-23-21-10-24(15)9-11/h1,6-10,13-14H,2-5,18H2,(H,22,25). The highest BCUT2D eigenvalue weighted by Gasteiger charge is 2.20. The highest BCUT2D eigenvalue weighted by Crippen LogP contribution is 2.18. The summed E-state index contributed by atoms with van der Waals surface area (Å²) in [4.78, 5) is 21.0. The van der Waals surface area contributed by atoms with E-state index < -0.39 is 0 Å². The Morgan fingerprint density at radius 1 is 1.16 bits per heavy atom. The quantitative estimate of drug-likeness (QED) is 0.742. The zero-order chi connectivity index (χ0) is 17.2. The van der Waals surface area contributed by atoms with Crippen LogP contribution >= 0.6 is 0 Å². The molecule has 3 aromatic rings. The monoisotopic (exact) mass is 337 g/mol. The van der Waals surface area contributed by atoms with E-state index in [1.165, 1.54) is 0 Å². The third kappa shape index (κ3) is 3.34. The number of nitrogens with zero attached hydrogens (tertiary/aromatic N) is 5. The number of nitrogens with one attached hydrogen (secondary N) is 1. The van der Waals surface area contributed by atoms with Gasteiger partial charge in [-0.2, -0.15) is 0 Å². The lowest BCUT2D eigenvalue weighted by Gasteiger charge is -2.26.